The number of aliphatic hydroxyl groups excluding tert-OH is 2. The highest BCUT2D eigenvalue weighted by Gasteiger charge is 2.53. The molecule has 0 aromatic rings. The van der Waals surface area contributed by atoms with Gasteiger partial charge in [-0.2, -0.15) is 0 Å². The maximum absolute atomic E-state index is 10.2. The quantitative estimate of drug-likeness (QED) is 0.430. The van der Waals surface area contributed by atoms with Gasteiger partial charge in [0, 0.05) is 7.11 Å². The average Bonchev–Trinajstić information content (AvgIpc) is 2.69. The molecular formula is C12H23NO6. The van der Waals surface area contributed by atoms with E-state index < -0.39 is 24.0 Å². The maximum Gasteiger partial charge on any atom is 0.163 e. The Kier molecular flexibility index (Phi) is 4.78. The van der Waals surface area contributed by atoms with Gasteiger partial charge in [-0.3, -0.25) is 0 Å². The molecule has 2 aliphatic rings. The Morgan fingerprint density at radius 3 is 2.53 bits per heavy atom. The van der Waals surface area contributed by atoms with E-state index in [-0.39, 0.29) is 25.5 Å². The molecule has 2 fully saturated rings. The van der Waals surface area contributed by atoms with Crippen LogP contribution in [0.25, 0.3) is 0 Å². The number of fused-ring (bicyclic) bond motifs is 1. The molecule has 0 aromatic carbocycles. The van der Waals surface area contributed by atoms with Crippen LogP contribution in [0.15, 0.2) is 0 Å². The van der Waals surface area contributed by atoms with E-state index >= 15 is 0 Å². The second-order valence-electron chi connectivity index (χ2n) is 5.39. The van der Waals surface area contributed by atoms with Crippen LogP contribution in [0, 0.1) is 0 Å². The van der Waals surface area contributed by atoms with E-state index in [4.69, 9.17) is 18.9 Å². The summed E-state index contributed by atoms with van der Waals surface area (Å²) in [5, 5.41) is 22.6. The predicted octanol–water partition coefficient (Wildman–Crippen LogP) is -1.18. The van der Waals surface area contributed by atoms with Crippen LogP contribution in [0.1, 0.15) is 13.8 Å². The van der Waals surface area contributed by atoms with Crippen LogP contribution in [0.3, 0.4) is 0 Å². The number of hydrogen-bond donors (Lipinski definition) is 3. The van der Waals surface area contributed by atoms with Crippen LogP contribution < -0.4 is 5.32 Å². The Morgan fingerprint density at radius 2 is 1.89 bits per heavy atom. The van der Waals surface area contributed by atoms with Gasteiger partial charge < -0.3 is 34.5 Å². The lowest BCUT2D eigenvalue weighted by molar-refractivity contribution is -0.155. The summed E-state index contributed by atoms with van der Waals surface area (Å²) in [5.41, 5.74) is 0. The molecule has 2 saturated heterocycles. The lowest BCUT2D eigenvalue weighted by Gasteiger charge is -2.40. The highest BCUT2D eigenvalue weighted by atomic mass is 16.8. The van der Waals surface area contributed by atoms with E-state index in [1.54, 1.807) is 21.0 Å². The number of aliphatic hydroxyl groups is 2. The minimum Gasteiger partial charge on any atom is -0.395 e. The molecule has 2 rings (SSSR count). The Labute approximate surface area is 112 Å². The molecule has 0 spiro atoms. The summed E-state index contributed by atoms with van der Waals surface area (Å²) in [6, 6.07) is -0.614. The van der Waals surface area contributed by atoms with Crippen molar-refractivity contribution in [2.75, 3.05) is 27.1 Å². The molecule has 0 radical (unpaired) electrons. The number of methoxy groups -OCH3 is 1. The van der Waals surface area contributed by atoms with E-state index in [0.29, 0.717) is 6.61 Å². The summed E-state index contributed by atoms with van der Waals surface area (Å²) in [7, 11) is 1.55. The summed E-state index contributed by atoms with van der Waals surface area (Å²) in [6.07, 6.45) is -1.59. The molecule has 5 atom stereocenters. The van der Waals surface area contributed by atoms with Crippen LogP contribution in [0.2, 0.25) is 0 Å². The highest BCUT2D eigenvalue weighted by Crippen LogP contribution is 2.35. The molecule has 7 nitrogen and oxygen atoms in total. The Balaban J connectivity index is 2.05. The van der Waals surface area contributed by atoms with Gasteiger partial charge in [-0.1, -0.05) is 0 Å². The van der Waals surface area contributed by atoms with Crippen molar-refractivity contribution in [3.63, 3.8) is 0 Å². The van der Waals surface area contributed by atoms with Crippen molar-refractivity contribution in [3.05, 3.63) is 0 Å². The van der Waals surface area contributed by atoms with E-state index in [9.17, 15) is 10.2 Å². The van der Waals surface area contributed by atoms with Crippen LogP contribution in [-0.4, -0.2) is 73.5 Å². The predicted molar refractivity (Wildman–Crippen MR) is 65.5 cm³/mol. The summed E-state index contributed by atoms with van der Waals surface area (Å²) < 4.78 is 21.7. The van der Waals surface area contributed by atoms with Crippen molar-refractivity contribution < 1.29 is 29.2 Å². The first-order chi connectivity index (χ1) is 8.98. The number of rotatable bonds is 5. The van der Waals surface area contributed by atoms with Gasteiger partial charge in [-0.15, -0.1) is 0 Å². The number of ether oxygens (including phenoxy) is 4. The highest BCUT2D eigenvalue weighted by molar-refractivity contribution is 5.03. The average molecular weight is 277 g/mol. The van der Waals surface area contributed by atoms with Gasteiger partial charge in [0.25, 0.3) is 0 Å². The smallest absolute Gasteiger partial charge is 0.163 e. The van der Waals surface area contributed by atoms with Gasteiger partial charge in [0.1, 0.15) is 25.1 Å². The molecule has 0 amide bonds. The van der Waals surface area contributed by atoms with Crippen molar-refractivity contribution in [3.8, 4) is 0 Å². The number of piperidine rings is 1. The van der Waals surface area contributed by atoms with Gasteiger partial charge in [0.05, 0.1) is 25.3 Å². The van der Waals surface area contributed by atoms with Crippen molar-refractivity contribution in [1.29, 1.82) is 0 Å². The lowest BCUT2D eigenvalue weighted by atomic mass is 9.91. The van der Waals surface area contributed by atoms with Crippen molar-refractivity contribution in [1.82, 2.24) is 5.32 Å². The second-order valence-corrected chi connectivity index (χ2v) is 5.39. The zero-order valence-corrected chi connectivity index (χ0v) is 11.5. The lowest BCUT2D eigenvalue weighted by Crippen LogP contribution is -2.66. The first-order valence-corrected chi connectivity index (χ1v) is 6.46. The Bertz CT molecular complexity index is 300. The van der Waals surface area contributed by atoms with Crippen LogP contribution in [-0.2, 0) is 18.9 Å². The second kappa shape index (κ2) is 6.01. The summed E-state index contributed by atoms with van der Waals surface area (Å²) >= 11 is 0. The molecule has 0 saturated carbocycles. The molecule has 112 valence electrons. The number of nitrogens with one attached hydrogen (secondary N) is 1. The Morgan fingerprint density at radius 1 is 1.21 bits per heavy atom. The molecule has 7 heteroatoms. The van der Waals surface area contributed by atoms with Crippen LogP contribution in [0.5, 0.6) is 0 Å². The van der Waals surface area contributed by atoms with E-state index in [0.717, 1.165) is 0 Å². The maximum atomic E-state index is 10.2. The Hall–Kier alpha value is -0.280. The molecule has 0 aromatic heterocycles. The van der Waals surface area contributed by atoms with Gasteiger partial charge >= 0.3 is 0 Å². The third-order valence-corrected chi connectivity index (χ3v) is 3.43. The topological polar surface area (TPSA) is 89.4 Å². The summed E-state index contributed by atoms with van der Waals surface area (Å²) in [4.78, 5) is 0. The monoisotopic (exact) mass is 277 g/mol. The van der Waals surface area contributed by atoms with Gasteiger partial charge in [-0.25, -0.2) is 0 Å². The normalized spacial score (nSPS) is 41.2. The fourth-order valence-corrected chi connectivity index (χ4v) is 2.65. The van der Waals surface area contributed by atoms with Gasteiger partial charge in [0.15, 0.2) is 5.79 Å². The van der Waals surface area contributed by atoms with Crippen LogP contribution in [0.4, 0.5) is 0 Å². The molecule has 0 bridgehead atoms. The zero-order valence-electron chi connectivity index (χ0n) is 11.5. The third kappa shape index (κ3) is 3.25. The van der Waals surface area contributed by atoms with Gasteiger partial charge in [-0.05, 0) is 13.8 Å². The largest absolute Gasteiger partial charge is 0.395 e. The first-order valence-electron chi connectivity index (χ1n) is 6.46. The SMILES string of the molecule is COCOC[C@H]1N[C@H](CO)[C@H](O)[C@H]2OC(C)(C)O[C@H]21. The molecule has 2 heterocycles. The molecule has 0 unspecified atom stereocenters. The van der Waals surface area contributed by atoms with Gasteiger partial charge in [0.2, 0.25) is 0 Å². The third-order valence-electron chi connectivity index (χ3n) is 3.43. The fourth-order valence-electron chi connectivity index (χ4n) is 2.65. The zero-order chi connectivity index (χ0) is 14.0. The molecule has 0 aliphatic carbocycles. The molecule has 19 heavy (non-hydrogen) atoms. The fraction of sp³-hybridized carbons (Fsp3) is 1.00. The minimum atomic E-state index is -0.810. The first kappa shape index (κ1) is 15.1. The van der Waals surface area contributed by atoms with Crippen molar-refractivity contribution >= 4 is 0 Å². The standard InChI is InChI=1S/C12H23NO6/c1-12(2)18-10-8(5-17-6-16-3)13-7(4-14)9(15)11(10)19-12/h7-11,13-15H,4-6H2,1-3H3/t7-,8-,9+,10+,11-/m1/s1. The van der Waals surface area contributed by atoms with Crippen molar-refractivity contribution in [2.45, 2.75) is 50.0 Å². The minimum absolute atomic E-state index is 0.164. The summed E-state index contributed by atoms with van der Waals surface area (Å²) in [6.45, 7) is 3.98. The molecule has 3 N–H and O–H groups in total. The van der Waals surface area contributed by atoms with Crippen molar-refractivity contribution in [2.24, 2.45) is 0 Å². The van der Waals surface area contributed by atoms with E-state index in [1.165, 1.54) is 0 Å². The van der Waals surface area contributed by atoms with E-state index in [2.05, 4.69) is 5.32 Å². The molecule has 2 aliphatic heterocycles. The molecular weight excluding hydrogens is 254 g/mol. The van der Waals surface area contributed by atoms with E-state index in [1.807, 2.05) is 0 Å². The summed E-state index contributed by atoms with van der Waals surface area (Å²) in [5.74, 6) is -0.748. The van der Waals surface area contributed by atoms with Crippen LogP contribution >= 0.6 is 0 Å². The number of hydrogen-bond acceptors (Lipinski definition) is 7.